The molecule has 0 aromatic heterocycles. The van der Waals surface area contributed by atoms with Crippen molar-refractivity contribution in [2.45, 2.75) is 59.0 Å². The van der Waals surface area contributed by atoms with Crippen LogP contribution in [-0.2, 0) is 0 Å². The summed E-state index contributed by atoms with van der Waals surface area (Å²) in [5, 5.41) is 9.86. The van der Waals surface area contributed by atoms with Gasteiger partial charge in [0, 0.05) is 0 Å². The summed E-state index contributed by atoms with van der Waals surface area (Å²) in [5.74, 6) is 0. The SMILES string of the molecule is C=C1CC(O)C[C@]1(C)[C@]1(C)CC=C(C)CC1. The lowest BCUT2D eigenvalue weighted by molar-refractivity contribution is 0.0683. The van der Waals surface area contributed by atoms with Crippen LogP contribution in [0.15, 0.2) is 23.8 Å². The minimum Gasteiger partial charge on any atom is -0.393 e. The number of hydrogen-bond donors (Lipinski definition) is 1. The van der Waals surface area contributed by atoms with E-state index in [0.717, 1.165) is 19.3 Å². The van der Waals surface area contributed by atoms with Gasteiger partial charge in [0.25, 0.3) is 0 Å². The van der Waals surface area contributed by atoms with E-state index in [9.17, 15) is 5.11 Å². The van der Waals surface area contributed by atoms with Crippen molar-refractivity contribution in [3.05, 3.63) is 23.8 Å². The van der Waals surface area contributed by atoms with Crippen LogP contribution in [0.4, 0.5) is 0 Å². The first kappa shape index (κ1) is 11.9. The van der Waals surface area contributed by atoms with Crippen molar-refractivity contribution in [3.63, 3.8) is 0 Å². The Kier molecular flexibility index (Phi) is 2.78. The predicted molar refractivity (Wildman–Crippen MR) is 68.2 cm³/mol. The summed E-state index contributed by atoms with van der Waals surface area (Å²) in [6, 6.07) is 0. The van der Waals surface area contributed by atoms with Crippen LogP contribution in [-0.4, -0.2) is 11.2 Å². The highest BCUT2D eigenvalue weighted by atomic mass is 16.3. The van der Waals surface area contributed by atoms with E-state index in [0.29, 0.717) is 5.41 Å². The third kappa shape index (κ3) is 1.66. The molecule has 16 heavy (non-hydrogen) atoms. The molecule has 0 aromatic rings. The van der Waals surface area contributed by atoms with Crippen LogP contribution in [0.3, 0.4) is 0 Å². The summed E-state index contributed by atoms with van der Waals surface area (Å²) in [7, 11) is 0. The van der Waals surface area contributed by atoms with Gasteiger partial charge in [-0.3, -0.25) is 0 Å². The van der Waals surface area contributed by atoms with Crippen LogP contribution in [0, 0.1) is 10.8 Å². The minimum atomic E-state index is -0.165. The standard InChI is InChI=1S/C15H24O/c1-11-5-7-14(3,8-6-11)15(4)10-13(16)9-12(15)2/h5,13,16H,2,6-10H2,1,3-4H3/t13?,14-,15+/m1/s1. The summed E-state index contributed by atoms with van der Waals surface area (Å²) in [6.45, 7) is 11.1. The lowest BCUT2D eigenvalue weighted by Gasteiger charge is -2.47. The lowest BCUT2D eigenvalue weighted by Crippen LogP contribution is -2.38. The minimum absolute atomic E-state index is 0.129. The van der Waals surface area contributed by atoms with Crippen molar-refractivity contribution >= 4 is 0 Å². The monoisotopic (exact) mass is 220 g/mol. The molecular formula is C15H24O. The highest BCUT2D eigenvalue weighted by Crippen LogP contribution is 2.58. The summed E-state index contributed by atoms with van der Waals surface area (Å²) < 4.78 is 0. The largest absolute Gasteiger partial charge is 0.393 e. The molecule has 90 valence electrons. The molecule has 1 nitrogen and oxygen atoms in total. The van der Waals surface area contributed by atoms with Crippen molar-refractivity contribution in [2.75, 3.05) is 0 Å². The van der Waals surface area contributed by atoms with Crippen LogP contribution in [0.25, 0.3) is 0 Å². The van der Waals surface area contributed by atoms with Gasteiger partial charge in [-0.1, -0.05) is 37.6 Å². The van der Waals surface area contributed by atoms with Crippen molar-refractivity contribution < 1.29 is 5.11 Å². The second kappa shape index (κ2) is 3.73. The van der Waals surface area contributed by atoms with Gasteiger partial charge in [-0.2, -0.15) is 0 Å². The van der Waals surface area contributed by atoms with Gasteiger partial charge in [-0.15, -0.1) is 0 Å². The van der Waals surface area contributed by atoms with E-state index >= 15 is 0 Å². The summed E-state index contributed by atoms with van der Waals surface area (Å²) >= 11 is 0. The predicted octanol–water partition coefficient (Wildman–Crippen LogP) is 3.84. The fourth-order valence-corrected chi connectivity index (χ4v) is 3.45. The number of aliphatic hydroxyl groups is 1. The van der Waals surface area contributed by atoms with E-state index in [1.54, 1.807) is 0 Å². The van der Waals surface area contributed by atoms with Gasteiger partial charge in [0.05, 0.1) is 6.10 Å². The topological polar surface area (TPSA) is 20.2 Å². The molecule has 3 atom stereocenters. The Balaban J connectivity index is 2.27. The van der Waals surface area contributed by atoms with Crippen LogP contribution in [0.5, 0.6) is 0 Å². The fourth-order valence-electron chi connectivity index (χ4n) is 3.45. The van der Waals surface area contributed by atoms with Crippen molar-refractivity contribution in [1.82, 2.24) is 0 Å². The smallest absolute Gasteiger partial charge is 0.0585 e. The first-order valence-electron chi connectivity index (χ1n) is 6.39. The van der Waals surface area contributed by atoms with E-state index in [1.807, 2.05) is 0 Å². The van der Waals surface area contributed by atoms with Crippen LogP contribution in [0.1, 0.15) is 52.9 Å². The third-order valence-corrected chi connectivity index (χ3v) is 5.21. The number of aliphatic hydroxyl groups excluding tert-OH is 1. The molecule has 2 rings (SSSR count). The summed E-state index contributed by atoms with van der Waals surface area (Å²) in [5.41, 5.74) is 3.20. The maximum absolute atomic E-state index is 9.86. The fraction of sp³-hybridized carbons (Fsp3) is 0.733. The molecule has 1 fully saturated rings. The van der Waals surface area contributed by atoms with Crippen LogP contribution >= 0.6 is 0 Å². The van der Waals surface area contributed by atoms with Gasteiger partial charge in [0.15, 0.2) is 0 Å². The lowest BCUT2D eigenvalue weighted by atomic mass is 9.57. The van der Waals surface area contributed by atoms with Crippen molar-refractivity contribution in [1.29, 1.82) is 0 Å². The zero-order chi connectivity index (χ0) is 12.0. The molecule has 0 amide bonds. The van der Waals surface area contributed by atoms with E-state index in [2.05, 4.69) is 33.4 Å². The highest BCUT2D eigenvalue weighted by molar-refractivity contribution is 5.24. The normalized spacial score (nSPS) is 44.6. The average molecular weight is 220 g/mol. The molecule has 0 radical (unpaired) electrons. The van der Waals surface area contributed by atoms with Gasteiger partial charge in [-0.25, -0.2) is 0 Å². The molecule has 0 aliphatic heterocycles. The Labute approximate surface area is 99.3 Å². The molecule has 0 bridgehead atoms. The Morgan fingerprint density at radius 2 is 2.12 bits per heavy atom. The Bertz CT molecular complexity index is 341. The van der Waals surface area contributed by atoms with Crippen LogP contribution < -0.4 is 0 Å². The summed E-state index contributed by atoms with van der Waals surface area (Å²) in [6.07, 6.45) is 7.49. The first-order valence-corrected chi connectivity index (χ1v) is 6.39. The number of rotatable bonds is 1. The van der Waals surface area contributed by atoms with Gasteiger partial charge in [0.1, 0.15) is 0 Å². The molecule has 1 saturated carbocycles. The van der Waals surface area contributed by atoms with E-state index < -0.39 is 0 Å². The van der Waals surface area contributed by atoms with Gasteiger partial charge in [-0.05, 0) is 49.9 Å². The molecule has 0 spiro atoms. The zero-order valence-electron chi connectivity index (χ0n) is 10.8. The molecular weight excluding hydrogens is 196 g/mol. The zero-order valence-corrected chi connectivity index (χ0v) is 10.8. The molecule has 0 aromatic carbocycles. The quantitative estimate of drug-likeness (QED) is 0.666. The number of allylic oxidation sites excluding steroid dienone is 2. The molecule has 1 unspecified atom stereocenters. The maximum atomic E-state index is 9.86. The van der Waals surface area contributed by atoms with Crippen molar-refractivity contribution in [2.24, 2.45) is 10.8 Å². The first-order chi connectivity index (χ1) is 7.37. The Morgan fingerprint density at radius 1 is 1.44 bits per heavy atom. The van der Waals surface area contributed by atoms with Gasteiger partial charge >= 0.3 is 0 Å². The summed E-state index contributed by atoms with van der Waals surface area (Å²) in [4.78, 5) is 0. The average Bonchev–Trinajstić information content (AvgIpc) is 2.47. The Morgan fingerprint density at radius 3 is 2.56 bits per heavy atom. The highest BCUT2D eigenvalue weighted by Gasteiger charge is 2.50. The van der Waals surface area contributed by atoms with E-state index in [4.69, 9.17) is 0 Å². The van der Waals surface area contributed by atoms with Gasteiger partial charge in [0.2, 0.25) is 0 Å². The maximum Gasteiger partial charge on any atom is 0.0585 e. The van der Waals surface area contributed by atoms with Crippen LogP contribution in [0.2, 0.25) is 0 Å². The molecule has 2 aliphatic carbocycles. The Hall–Kier alpha value is -0.560. The second-order valence-corrected chi connectivity index (χ2v) is 6.31. The van der Waals surface area contributed by atoms with E-state index in [-0.39, 0.29) is 11.5 Å². The third-order valence-electron chi connectivity index (χ3n) is 5.21. The molecule has 0 heterocycles. The number of hydrogen-bond acceptors (Lipinski definition) is 1. The van der Waals surface area contributed by atoms with E-state index in [1.165, 1.54) is 24.0 Å². The molecule has 2 aliphatic rings. The molecule has 0 saturated heterocycles. The van der Waals surface area contributed by atoms with Gasteiger partial charge < -0.3 is 5.11 Å². The second-order valence-electron chi connectivity index (χ2n) is 6.31. The molecule has 1 heteroatoms. The molecule has 1 N–H and O–H groups in total. The van der Waals surface area contributed by atoms with Crippen molar-refractivity contribution in [3.8, 4) is 0 Å².